The summed E-state index contributed by atoms with van der Waals surface area (Å²) >= 11 is 0. The molecule has 2 aromatic carbocycles. The summed E-state index contributed by atoms with van der Waals surface area (Å²) in [6, 6.07) is 11.8. The predicted octanol–water partition coefficient (Wildman–Crippen LogP) is 4.84. The molecule has 0 bridgehead atoms. The Morgan fingerprint density at radius 3 is 2.43 bits per heavy atom. The molecule has 0 amide bonds. The molecule has 0 heterocycles. The summed E-state index contributed by atoms with van der Waals surface area (Å²) < 4.78 is 14.0. The summed E-state index contributed by atoms with van der Waals surface area (Å²) in [4.78, 5) is 0. The van der Waals surface area contributed by atoms with Gasteiger partial charge < -0.3 is 5.32 Å². The van der Waals surface area contributed by atoms with Crippen molar-refractivity contribution in [2.45, 2.75) is 38.5 Å². The van der Waals surface area contributed by atoms with Crippen LogP contribution in [0, 0.1) is 12.7 Å². The molecule has 0 saturated heterocycles. The first-order chi connectivity index (χ1) is 10.2. The summed E-state index contributed by atoms with van der Waals surface area (Å²) in [6.45, 7) is 1.99. The van der Waals surface area contributed by atoms with Gasteiger partial charge >= 0.3 is 0 Å². The minimum absolute atomic E-state index is 0.0788. The summed E-state index contributed by atoms with van der Waals surface area (Å²) in [5, 5.41) is 3.29. The molecule has 2 aromatic rings. The van der Waals surface area contributed by atoms with Crippen LogP contribution in [0.4, 0.5) is 10.1 Å². The summed E-state index contributed by atoms with van der Waals surface area (Å²) in [6.07, 6.45) is 4.24. The average molecular weight is 283 g/mol. The molecule has 0 aromatic heterocycles. The van der Waals surface area contributed by atoms with Gasteiger partial charge in [0.05, 0.1) is 0 Å². The van der Waals surface area contributed by atoms with E-state index in [9.17, 15) is 4.39 Å². The smallest absolute Gasteiger partial charge is 0.126 e. The highest BCUT2D eigenvalue weighted by atomic mass is 19.1. The Morgan fingerprint density at radius 2 is 1.76 bits per heavy atom. The van der Waals surface area contributed by atoms with E-state index in [1.54, 1.807) is 12.1 Å². The molecule has 2 heteroatoms. The highest BCUT2D eigenvalue weighted by Crippen LogP contribution is 2.43. The molecule has 0 radical (unpaired) electrons. The molecule has 1 N–H and O–H groups in total. The van der Waals surface area contributed by atoms with Crippen molar-refractivity contribution in [2.75, 3.05) is 12.4 Å². The maximum absolute atomic E-state index is 14.0. The third kappa shape index (κ3) is 2.94. The van der Waals surface area contributed by atoms with Gasteiger partial charge in [-0.05, 0) is 72.9 Å². The maximum Gasteiger partial charge on any atom is 0.126 e. The number of hydrogen-bond acceptors (Lipinski definition) is 1. The second-order valence-electron chi connectivity index (χ2n) is 5.93. The molecule has 1 aliphatic rings. The van der Waals surface area contributed by atoms with Gasteiger partial charge in [-0.2, -0.15) is 0 Å². The minimum Gasteiger partial charge on any atom is -0.388 e. The molecule has 1 saturated carbocycles. The van der Waals surface area contributed by atoms with Crippen LogP contribution in [0.2, 0.25) is 0 Å². The zero-order valence-electron chi connectivity index (χ0n) is 12.7. The van der Waals surface area contributed by atoms with E-state index in [2.05, 4.69) is 23.5 Å². The van der Waals surface area contributed by atoms with Gasteiger partial charge in [0, 0.05) is 12.7 Å². The first kappa shape index (κ1) is 14.1. The van der Waals surface area contributed by atoms with Crippen molar-refractivity contribution >= 4 is 5.69 Å². The van der Waals surface area contributed by atoms with Crippen LogP contribution >= 0.6 is 0 Å². The molecule has 1 aliphatic carbocycles. The molecule has 0 spiro atoms. The second-order valence-corrected chi connectivity index (χ2v) is 5.93. The Balaban J connectivity index is 1.88. The van der Waals surface area contributed by atoms with Crippen LogP contribution in [0.25, 0.3) is 0 Å². The van der Waals surface area contributed by atoms with E-state index < -0.39 is 0 Å². The first-order valence-corrected chi connectivity index (χ1v) is 7.74. The van der Waals surface area contributed by atoms with Gasteiger partial charge in [0.25, 0.3) is 0 Å². The second kappa shape index (κ2) is 5.88. The van der Waals surface area contributed by atoms with Crippen LogP contribution < -0.4 is 5.32 Å². The Bertz CT molecular complexity index is 624. The van der Waals surface area contributed by atoms with E-state index in [0.717, 1.165) is 29.9 Å². The Labute approximate surface area is 126 Å². The van der Waals surface area contributed by atoms with E-state index in [0.29, 0.717) is 0 Å². The number of benzene rings is 2. The number of aryl methyl sites for hydroxylation is 1. The van der Waals surface area contributed by atoms with Gasteiger partial charge in [0.1, 0.15) is 5.82 Å². The van der Waals surface area contributed by atoms with Crippen molar-refractivity contribution in [3.8, 4) is 0 Å². The van der Waals surface area contributed by atoms with Gasteiger partial charge in [-0.3, -0.25) is 0 Å². The fourth-order valence-corrected chi connectivity index (χ4v) is 3.13. The van der Waals surface area contributed by atoms with Crippen LogP contribution in [0.3, 0.4) is 0 Å². The third-order valence-corrected chi connectivity index (χ3v) is 4.48. The lowest BCUT2D eigenvalue weighted by atomic mass is 9.94. The third-order valence-electron chi connectivity index (χ3n) is 4.48. The van der Waals surface area contributed by atoms with Crippen molar-refractivity contribution in [1.82, 2.24) is 0 Å². The van der Waals surface area contributed by atoms with E-state index in [4.69, 9.17) is 0 Å². The fourth-order valence-electron chi connectivity index (χ4n) is 3.13. The molecular formula is C19H22FN. The van der Waals surface area contributed by atoms with E-state index in [1.165, 1.54) is 29.7 Å². The molecule has 3 rings (SSSR count). The Morgan fingerprint density at radius 1 is 1.05 bits per heavy atom. The predicted molar refractivity (Wildman–Crippen MR) is 86.5 cm³/mol. The lowest BCUT2D eigenvalue weighted by molar-refractivity contribution is 0.606. The van der Waals surface area contributed by atoms with Gasteiger partial charge in [0.2, 0.25) is 0 Å². The van der Waals surface area contributed by atoms with Crippen molar-refractivity contribution in [3.05, 3.63) is 64.5 Å². The normalized spacial score (nSPS) is 14.2. The van der Waals surface area contributed by atoms with Crippen LogP contribution in [0.15, 0.2) is 36.4 Å². The molecular weight excluding hydrogens is 261 g/mol. The summed E-state index contributed by atoms with van der Waals surface area (Å²) in [5.74, 6) is 0.639. The van der Waals surface area contributed by atoms with Crippen molar-refractivity contribution in [2.24, 2.45) is 0 Å². The number of anilines is 1. The zero-order valence-corrected chi connectivity index (χ0v) is 12.7. The highest BCUT2D eigenvalue weighted by molar-refractivity contribution is 5.56. The fraction of sp³-hybridized carbons (Fsp3) is 0.368. The van der Waals surface area contributed by atoms with Gasteiger partial charge in [-0.1, -0.05) is 24.3 Å². The van der Waals surface area contributed by atoms with Gasteiger partial charge in [0.15, 0.2) is 0 Å². The zero-order chi connectivity index (χ0) is 14.8. The highest BCUT2D eigenvalue weighted by Gasteiger charge is 2.26. The Kier molecular flexibility index (Phi) is 3.96. The molecule has 21 heavy (non-hydrogen) atoms. The summed E-state index contributed by atoms with van der Waals surface area (Å²) in [5.41, 5.74) is 5.91. The maximum atomic E-state index is 14.0. The van der Waals surface area contributed by atoms with Gasteiger partial charge in [-0.25, -0.2) is 4.39 Å². The standard InChI is InChI=1S/C19H22FN/c1-13-5-3-7-18(20)15(13)11-12-17-16(14-9-10-14)6-4-8-19(17)21-2/h3-8,14,21H,9-12H2,1-2H3. The number of halogens is 1. The number of nitrogens with one attached hydrogen (secondary N) is 1. The first-order valence-electron chi connectivity index (χ1n) is 7.74. The minimum atomic E-state index is -0.0788. The van der Waals surface area contributed by atoms with Crippen LogP contribution in [-0.4, -0.2) is 7.05 Å². The lowest BCUT2D eigenvalue weighted by Crippen LogP contribution is -2.04. The lowest BCUT2D eigenvalue weighted by Gasteiger charge is -2.15. The van der Waals surface area contributed by atoms with Crippen LogP contribution in [0.5, 0.6) is 0 Å². The van der Waals surface area contributed by atoms with Gasteiger partial charge in [-0.15, -0.1) is 0 Å². The van der Waals surface area contributed by atoms with Crippen LogP contribution in [0.1, 0.15) is 41.0 Å². The molecule has 0 aliphatic heterocycles. The largest absolute Gasteiger partial charge is 0.388 e. The van der Waals surface area contributed by atoms with E-state index >= 15 is 0 Å². The van der Waals surface area contributed by atoms with Crippen molar-refractivity contribution in [1.29, 1.82) is 0 Å². The SMILES string of the molecule is CNc1cccc(C2CC2)c1CCc1c(C)cccc1F. The van der Waals surface area contributed by atoms with Crippen molar-refractivity contribution in [3.63, 3.8) is 0 Å². The molecule has 0 atom stereocenters. The molecule has 110 valence electrons. The molecule has 1 fully saturated rings. The quantitative estimate of drug-likeness (QED) is 0.828. The van der Waals surface area contributed by atoms with Crippen molar-refractivity contribution < 1.29 is 4.39 Å². The van der Waals surface area contributed by atoms with E-state index in [-0.39, 0.29) is 5.82 Å². The van der Waals surface area contributed by atoms with Crippen LogP contribution in [-0.2, 0) is 12.8 Å². The molecule has 0 unspecified atom stereocenters. The average Bonchev–Trinajstić information content (AvgIpc) is 3.31. The topological polar surface area (TPSA) is 12.0 Å². The Hall–Kier alpha value is -1.83. The monoisotopic (exact) mass is 283 g/mol. The number of hydrogen-bond donors (Lipinski definition) is 1. The number of rotatable bonds is 5. The molecule has 1 nitrogen and oxygen atoms in total. The summed E-state index contributed by atoms with van der Waals surface area (Å²) in [7, 11) is 1.96. The van der Waals surface area contributed by atoms with E-state index in [1.807, 2.05) is 20.0 Å².